The molecule has 1 aliphatic rings. The molecule has 0 atom stereocenters. The Morgan fingerprint density at radius 3 is 2.92 bits per heavy atom. The molecule has 0 N–H and O–H groups in total. The van der Waals surface area contributed by atoms with Crippen molar-refractivity contribution in [2.45, 2.75) is 32.2 Å². The van der Waals surface area contributed by atoms with E-state index in [-0.39, 0.29) is 0 Å². The van der Waals surface area contributed by atoms with Crippen LogP contribution in [0.25, 0.3) is 0 Å². The Balaban J connectivity index is 2.39. The predicted molar refractivity (Wildman–Crippen MR) is 47.5 cm³/mol. The topological polar surface area (TPSA) is 22.0 Å². The van der Waals surface area contributed by atoms with E-state index in [4.69, 9.17) is 0 Å². The standard InChI is InChI=1S/C10H13NO/c1-2-11-6-5-9(8-3-4-8)10(11)7-12/h5-8H,2-4H2,1H3. The maximum atomic E-state index is 10.8. The second-order valence-corrected chi connectivity index (χ2v) is 3.33. The largest absolute Gasteiger partial charge is 0.345 e. The number of rotatable bonds is 3. The van der Waals surface area contributed by atoms with Crippen LogP contribution in [0.2, 0.25) is 0 Å². The molecule has 12 heavy (non-hydrogen) atoms. The van der Waals surface area contributed by atoms with Crippen molar-refractivity contribution in [2.75, 3.05) is 0 Å². The first-order valence-corrected chi connectivity index (χ1v) is 4.51. The van der Waals surface area contributed by atoms with Gasteiger partial charge in [0.15, 0.2) is 6.29 Å². The third kappa shape index (κ3) is 1.07. The van der Waals surface area contributed by atoms with Gasteiger partial charge in [-0.05, 0) is 37.3 Å². The van der Waals surface area contributed by atoms with Crippen molar-refractivity contribution in [3.05, 3.63) is 23.5 Å². The molecule has 2 heteroatoms. The van der Waals surface area contributed by atoms with Gasteiger partial charge in [0.1, 0.15) is 0 Å². The lowest BCUT2D eigenvalue weighted by Gasteiger charge is -2.00. The number of hydrogen-bond acceptors (Lipinski definition) is 1. The summed E-state index contributed by atoms with van der Waals surface area (Å²) in [5, 5.41) is 0. The molecule has 1 aromatic heterocycles. The zero-order valence-corrected chi connectivity index (χ0v) is 7.29. The molecule has 0 amide bonds. The van der Waals surface area contributed by atoms with Crippen LogP contribution < -0.4 is 0 Å². The molecule has 0 unspecified atom stereocenters. The lowest BCUT2D eigenvalue weighted by molar-refractivity contribution is 0.111. The van der Waals surface area contributed by atoms with E-state index in [1.807, 2.05) is 10.8 Å². The Bertz CT molecular complexity index is 297. The van der Waals surface area contributed by atoms with Crippen LogP contribution in [0.4, 0.5) is 0 Å². The van der Waals surface area contributed by atoms with E-state index in [1.165, 1.54) is 18.4 Å². The second-order valence-electron chi connectivity index (χ2n) is 3.33. The molecule has 0 radical (unpaired) electrons. The molecule has 0 bridgehead atoms. The van der Waals surface area contributed by atoms with Crippen LogP contribution >= 0.6 is 0 Å². The Hall–Kier alpha value is -1.05. The number of hydrogen-bond donors (Lipinski definition) is 0. The van der Waals surface area contributed by atoms with Gasteiger partial charge in [0.25, 0.3) is 0 Å². The summed E-state index contributed by atoms with van der Waals surface area (Å²) in [5.41, 5.74) is 2.15. The highest BCUT2D eigenvalue weighted by molar-refractivity contribution is 5.75. The summed E-state index contributed by atoms with van der Waals surface area (Å²) < 4.78 is 2.01. The molecule has 1 fully saturated rings. The summed E-state index contributed by atoms with van der Waals surface area (Å²) >= 11 is 0. The van der Waals surface area contributed by atoms with Crippen molar-refractivity contribution in [1.29, 1.82) is 0 Å². The van der Waals surface area contributed by atoms with Crippen LogP contribution in [0, 0.1) is 0 Å². The first kappa shape index (κ1) is 7.59. The van der Waals surface area contributed by atoms with E-state index in [1.54, 1.807) is 0 Å². The van der Waals surface area contributed by atoms with Gasteiger partial charge >= 0.3 is 0 Å². The maximum Gasteiger partial charge on any atom is 0.166 e. The summed E-state index contributed by atoms with van der Waals surface area (Å²) in [6.07, 6.45) is 5.51. The molecular weight excluding hydrogens is 150 g/mol. The molecule has 1 heterocycles. The van der Waals surface area contributed by atoms with Gasteiger partial charge in [-0.25, -0.2) is 0 Å². The van der Waals surface area contributed by atoms with Crippen molar-refractivity contribution < 1.29 is 4.79 Å². The van der Waals surface area contributed by atoms with Gasteiger partial charge in [0.2, 0.25) is 0 Å². The molecule has 0 aliphatic heterocycles. The fraction of sp³-hybridized carbons (Fsp3) is 0.500. The van der Waals surface area contributed by atoms with Gasteiger partial charge in [0.05, 0.1) is 5.69 Å². The highest BCUT2D eigenvalue weighted by Gasteiger charge is 2.27. The van der Waals surface area contributed by atoms with Crippen LogP contribution in [-0.2, 0) is 6.54 Å². The quantitative estimate of drug-likeness (QED) is 0.626. The molecule has 2 rings (SSSR count). The first-order chi connectivity index (χ1) is 5.86. The van der Waals surface area contributed by atoms with Crippen LogP contribution in [0.15, 0.2) is 12.3 Å². The Morgan fingerprint density at radius 1 is 1.67 bits per heavy atom. The number of aldehydes is 1. The minimum Gasteiger partial charge on any atom is -0.345 e. The number of carbonyl (C=O) groups is 1. The highest BCUT2D eigenvalue weighted by atomic mass is 16.1. The number of carbonyl (C=O) groups excluding carboxylic acids is 1. The molecular formula is C10H13NO. The Morgan fingerprint density at radius 2 is 2.42 bits per heavy atom. The van der Waals surface area contributed by atoms with Crippen LogP contribution in [0.3, 0.4) is 0 Å². The van der Waals surface area contributed by atoms with Crippen molar-refractivity contribution in [3.8, 4) is 0 Å². The molecule has 1 saturated carbocycles. The normalized spacial score (nSPS) is 16.4. The fourth-order valence-electron chi connectivity index (χ4n) is 1.65. The molecule has 1 aromatic rings. The first-order valence-electron chi connectivity index (χ1n) is 4.51. The third-order valence-corrected chi connectivity index (χ3v) is 2.51. The van der Waals surface area contributed by atoms with Crippen LogP contribution in [0.5, 0.6) is 0 Å². The maximum absolute atomic E-state index is 10.8. The second kappa shape index (κ2) is 2.77. The van der Waals surface area contributed by atoms with E-state index in [2.05, 4.69) is 13.0 Å². The molecule has 1 aliphatic carbocycles. The summed E-state index contributed by atoms with van der Waals surface area (Å²) in [5.74, 6) is 0.679. The Kier molecular flexibility index (Phi) is 1.75. The van der Waals surface area contributed by atoms with E-state index >= 15 is 0 Å². The van der Waals surface area contributed by atoms with E-state index in [0.717, 1.165) is 18.5 Å². The lowest BCUT2D eigenvalue weighted by Crippen LogP contribution is -1.99. The van der Waals surface area contributed by atoms with Gasteiger partial charge in [-0.15, -0.1) is 0 Å². The smallest absolute Gasteiger partial charge is 0.166 e. The van der Waals surface area contributed by atoms with Crippen LogP contribution in [0.1, 0.15) is 41.7 Å². The van der Waals surface area contributed by atoms with Crippen molar-refractivity contribution in [3.63, 3.8) is 0 Å². The minimum absolute atomic E-state index is 0.679. The zero-order valence-electron chi connectivity index (χ0n) is 7.29. The SMILES string of the molecule is CCn1ccc(C2CC2)c1C=O. The average molecular weight is 163 g/mol. The molecule has 2 nitrogen and oxygen atoms in total. The molecule has 64 valence electrons. The summed E-state index contributed by atoms with van der Waals surface area (Å²) in [4.78, 5) is 10.8. The zero-order chi connectivity index (χ0) is 8.55. The van der Waals surface area contributed by atoms with E-state index < -0.39 is 0 Å². The number of aryl methyl sites for hydroxylation is 1. The fourth-order valence-corrected chi connectivity index (χ4v) is 1.65. The molecule has 0 saturated heterocycles. The van der Waals surface area contributed by atoms with Crippen molar-refractivity contribution in [1.82, 2.24) is 4.57 Å². The minimum atomic E-state index is 0.679. The van der Waals surface area contributed by atoms with Crippen molar-refractivity contribution >= 4 is 6.29 Å². The monoisotopic (exact) mass is 163 g/mol. The Labute approximate surface area is 72.2 Å². The summed E-state index contributed by atoms with van der Waals surface area (Å²) in [6, 6.07) is 2.09. The van der Waals surface area contributed by atoms with Crippen LogP contribution in [-0.4, -0.2) is 10.9 Å². The van der Waals surface area contributed by atoms with Gasteiger partial charge in [-0.3, -0.25) is 4.79 Å². The van der Waals surface area contributed by atoms with E-state index in [9.17, 15) is 4.79 Å². The summed E-state index contributed by atoms with van der Waals surface area (Å²) in [6.45, 7) is 2.95. The summed E-state index contributed by atoms with van der Waals surface area (Å²) in [7, 11) is 0. The molecule has 0 aromatic carbocycles. The highest BCUT2D eigenvalue weighted by Crippen LogP contribution is 2.41. The van der Waals surface area contributed by atoms with Gasteiger partial charge < -0.3 is 4.57 Å². The average Bonchev–Trinajstić information content (AvgIpc) is 2.85. The number of nitrogens with zero attached hydrogens (tertiary/aromatic N) is 1. The predicted octanol–water partition coefficient (Wildman–Crippen LogP) is 2.20. The van der Waals surface area contributed by atoms with E-state index in [0.29, 0.717) is 5.92 Å². The number of aromatic nitrogens is 1. The van der Waals surface area contributed by atoms with Gasteiger partial charge in [-0.1, -0.05) is 0 Å². The molecule has 0 spiro atoms. The lowest BCUT2D eigenvalue weighted by atomic mass is 10.1. The van der Waals surface area contributed by atoms with Crippen molar-refractivity contribution in [2.24, 2.45) is 0 Å². The third-order valence-electron chi connectivity index (χ3n) is 2.51. The van der Waals surface area contributed by atoms with Gasteiger partial charge in [0, 0.05) is 12.7 Å². The van der Waals surface area contributed by atoms with Gasteiger partial charge in [-0.2, -0.15) is 0 Å².